The maximum absolute atomic E-state index is 12.3. The first-order valence-electron chi connectivity index (χ1n) is 8.29. The molecule has 8 heteroatoms. The molecule has 1 N–H and O–H groups in total. The van der Waals surface area contributed by atoms with E-state index in [1.54, 1.807) is 23.6 Å². The molecule has 0 spiro atoms. The van der Waals surface area contributed by atoms with E-state index in [1.807, 2.05) is 16.3 Å². The van der Waals surface area contributed by atoms with Crippen LogP contribution in [-0.4, -0.2) is 35.4 Å². The van der Waals surface area contributed by atoms with Crippen molar-refractivity contribution >= 4 is 28.7 Å². The molecule has 0 bridgehead atoms. The summed E-state index contributed by atoms with van der Waals surface area (Å²) in [6.07, 6.45) is 3.77. The molecule has 1 aliphatic rings. The van der Waals surface area contributed by atoms with Crippen LogP contribution in [0.4, 0.5) is 11.5 Å². The SMILES string of the molecule is O=C(NCCc1cccs1)C1CCN(c2ncccc2[N+](=O)[O-])CC1. The quantitative estimate of drug-likeness (QED) is 0.632. The van der Waals surface area contributed by atoms with Crippen molar-refractivity contribution in [2.75, 3.05) is 24.5 Å². The third-order valence-corrected chi connectivity index (χ3v) is 5.31. The van der Waals surface area contributed by atoms with Crippen LogP contribution in [0.1, 0.15) is 17.7 Å². The Morgan fingerprint density at radius 1 is 1.36 bits per heavy atom. The second kappa shape index (κ2) is 8.06. The summed E-state index contributed by atoms with van der Waals surface area (Å²) < 4.78 is 0. The molecule has 0 unspecified atom stereocenters. The van der Waals surface area contributed by atoms with Crippen molar-refractivity contribution < 1.29 is 9.72 Å². The first-order chi connectivity index (χ1) is 12.1. The lowest BCUT2D eigenvalue weighted by Gasteiger charge is -2.31. The summed E-state index contributed by atoms with van der Waals surface area (Å²) in [5.41, 5.74) is 0.0151. The van der Waals surface area contributed by atoms with Crippen LogP contribution in [0, 0.1) is 16.0 Å². The Morgan fingerprint density at radius 3 is 2.84 bits per heavy atom. The van der Waals surface area contributed by atoms with Gasteiger partial charge in [0.15, 0.2) is 0 Å². The highest BCUT2D eigenvalue weighted by Gasteiger charge is 2.28. The Kier molecular flexibility index (Phi) is 5.60. The molecule has 3 rings (SSSR count). The monoisotopic (exact) mass is 360 g/mol. The van der Waals surface area contributed by atoms with Gasteiger partial charge in [0.05, 0.1) is 4.92 Å². The fraction of sp³-hybridized carbons (Fsp3) is 0.412. The molecular weight excluding hydrogens is 340 g/mol. The Hall–Kier alpha value is -2.48. The number of nitrogens with zero attached hydrogens (tertiary/aromatic N) is 3. The van der Waals surface area contributed by atoms with Crippen molar-refractivity contribution in [3.8, 4) is 0 Å². The van der Waals surface area contributed by atoms with Gasteiger partial charge in [0.25, 0.3) is 0 Å². The highest BCUT2D eigenvalue weighted by atomic mass is 32.1. The molecule has 7 nitrogen and oxygen atoms in total. The number of pyridine rings is 1. The van der Waals surface area contributed by atoms with Gasteiger partial charge in [-0.2, -0.15) is 0 Å². The van der Waals surface area contributed by atoms with Crippen LogP contribution in [0.25, 0.3) is 0 Å². The zero-order chi connectivity index (χ0) is 17.6. The van der Waals surface area contributed by atoms with E-state index < -0.39 is 4.92 Å². The van der Waals surface area contributed by atoms with Gasteiger partial charge >= 0.3 is 5.69 Å². The first kappa shape index (κ1) is 17.3. The Morgan fingerprint density at radius 2 is 2.16 bits per heavy atom. The van der Waals surface area contributed by atoms with Gasteiger partial charge in [-0.25, -0.2) is 4.98 Å². The molecular formula is C17H20N4O3S. The number of piperidine rings is 1. The van der Waals surface area contributed by atoms with E-state index in [-0.39, 0.29) is 17.5 Å². The normalized spacial score (nSPS) is 15.1. The molecule has 1 amide bonds. The highest BCUT2D eigenvalue weighted by Crippen LogP contribution is 2.29. The van der Waals surface area contributed by atoms with Crippen molar-refractivity contribution in [1.29, 1.82) is 0 Å². The van der Waals surface area contributed by atoms with Gasteiger partial charge in [-0.15, -0.1) is 11.3 Å². The molecule has 132 valence electrons. The smallest absolute Gasteiger partial charge is 0.311 e. The minimum absolute atomic E-state index is 0.0151. The van der Waals surface area contributed by atoms with Gasteiger partial charge in [0.1, 0.15) is 0 Å². The molecule has 0 radical (unpaired) electrons. The Labute approximate surface area is 149 Å². The van der Waals surface area contributed by atoms with Gasteiger partial charge in [-0.05, 0) is 36.8 Å². The van der Waals surface area contributed by atoms with Crippen molar-refractivity contribution in [2.24, 2.45) is 5.92 Å². The van der Waals surface area contributed by atoms with Gasteiger partial charge in [0.2, 0.25) is 11.7 Å². The number of amides is 1. The van der Waals surface area contributed by atoms with Gasteiger partial charge < -0.3 is 10.2 Å². The molecule has 25 heavy (non-hydrogen) atoms. The van der Waals surface area contributed by atoms with Crippen LogP contribution in [0.15, 0.2) is 35.8 Å². The average molecular weight is 360 g/mol. The van der Waals surface area contributed by atoms with E-state index in [1.165, 1.54) is 10.9 Å². The first-order valence-corrected chi connectivity index (χ1v) is 9.17. The molecule has 0 aromatic carbocycles. The maximum atomic E-state index is 12.3. The van der Waals surface area contributed by atoms with Gasteiger partial charge in [-0.3, -0.25) is 14.9 Å². The fourth-order valence-corrected chi connectivity index (χ4v) is 3.75. The lowest BCUT2D eigenvalue weighted by Crippen LogP contribution is -2.41. The van der Waals surface area contributed by atoms with Crippen molar-refractivity contribution in [1.82, 2.24) is 10.3 Å². The zero-order valence-corrected chi connectivity index (χ0v) is 14.6. The minimum atomic E-state index is -0.411. The second-order valence-electron chi connectivity index (χ2n) is 5.98. The van der Waals surface area contributed by atoms with E-state index >= 15 is 0 Å². The molecule has 1 saturated heterocycles. The number of aromatic nitrogens is 1. The summed E-state index contributed by atoms with van der Waals surface area (Å²) in [4.78, 5) is 30.3. The fourth-order valence-electron chi connectivity index (χ4n) is 3.04. The number of hydrogen-bond acceptors (Lipinski definition) is 6. The van der Waals surface area contributed by atoms with Crippen molar-refractivity contribution in [2.45, 2.75) is 19.3 Å². The third-order valence-electron chi connectivity index (χ3n) is 4.38. The number of anilines is 1. The van der Waals surface area contributed by atoms with Crippen molar-refractivity contribution in [3.05, 3.63) is 50.8 Å². The highest BCUT2D eigenvalue weighted by molar-refractivity contribution is 7.09. The topological polar surface area (TPSA) is 88.4 Å². The molecule has 2 aromatic heterocycles. The lowest BCUT2D eigenvalue weighted by atomic mass is 9.96. The predicted molar refractivity (Wildman–Crippen MR) is 96.9 cm³/mol. The van der Waals surface area contributed by atoms with E-state index in [4.69, 9.17) is 0 Å². The van der Waals surface area contributed by atoms with Crippen LogP contribution in [0.5, 0.6) is 0 Å². The number of thiophene rings is 1. The summed E-state index contributed by atoms with van der Waals surface area (Å²) >= 11 is 1.69. The zero-order valence-electron chi connectivity index (χ0n) is 13.8. The largest absolute Gasteiger partial charge is 0.355 e. The average Bonchev–Trinajstić information content (AvgIpc) is 3.15. The summed E-state index contributed by atoms with van der Waals surface area (Å²) in [5.74, 6) is 0.429. The minimum Gasteiger partial charge on any atom is -0.355 e. The molecule has 1 fully saturated rings. The van der Waals surface area contributed by atoms with E-state index in [2.05, 4.69) is 16.4 Å². The second-order valence-corrected chi connectivity index (χ2v) is 7.02. The molecule has 2 aromatic rings. The third kappa shape index (κ3) is 4.33. The number of nitro groups is 1. The number of carbonyl (C=O) groups is 1. The predicted octanol–water partition coefficient (Wildman–Crippen LogP) is 2.63. The summed E-state index contributed by atoms with van der Waals surface area (Å²) in [5, 5.41) is 16.2. The van der Waals surface area contributed by atoms with E-state index in [0.717, 1.165) is 6.42 Å². The Bertz CT molecular complexity index is 727. The molecule has 1 aliphatic heterocycles. The Balaban J connectivity index is 1.50. The lowest BCUT2D eigenvalue weighted by molar-refractivity contribution is -0.384. The maximum Gasteiger partial charge on any atom is 0.311 e. The van der Waals surface area contributed by atoms with E-state index in [9.17, 15) is 14.9 Å². The molecule has 0 atom stereocenters. The summed E-state index contributed by atoms with van der Waals surface area (Å²) in [6.45, 7) is 1.84. The molecule has 0 aliphatic carbocycles. The van der Waals surface area contributed by atoms with Gasteiger partial charge in [-0.1, -0.05) is 6.07 Å². The summed E-state index contributed by atoms with van der Waals surface area (Å²) in [6, 6.07) is 7.10. The number of carbonyl (C=O) groups excluding carboxylic acids is 1. The van der Waals surface area contributed by atoms with E-state index in [0.29, 0.717) is 38.3 Å². The van der Waals surface area contributed by atoms with Crippen molar-refractivity contribution in [3.63, 3.8) is 0 Å². The number of rotatable bonds is 6. The molecule has 0 saturated carbocycles. The van der Waals surface area contributed by atoms with Crippen LogP contribution in [-0.2, 0) is 11.2 Å². The van der Waals surface area contributed by atoms with Crippen LogP contribution in [0.3, 0.4) is 0 Å². The molecule has 3 heterocycles. The standard InChI is InChI=1S/C17H20N4O3S/c22-17(19-9-5-14-3-2-12-25-14)13-6-10-20(11-7-13)16-15(21(23)24)4-1-8-18-16/h1-4,8,12-13H,5-7,9-11H2,(H,19,22). The van der Waals surface area contributed by atoms with Crippen LogP contribution in [0.2, 0.25) is 0 Å². The van der Waals surface area contributed by atoms with Crippen LogP contribution < -0.4 is 10.2 Å². The number of hydrogen-bond donors (Lipinski definition) is 1. The van der Waals surface area contributed by atoms with Gasteiger partial charge in [0, 0.05) is 42.7 Å². The summed E-state index contributed by atoms with van der Waals surface area (Å²) in [7, 11) is 0. The number of nitrogens with one attached hydrogen (secondary N) is 1. The van der Waals surface area contributed by atoms with Crippen LogP contribution >= 0.6 is 11.3 Å².